The van der Waals surface area contributed by atoms with Crippen LogP contribution in [0.25, 0.3) is 11.5 Å². The molecule has 1 aliphatic heterocycles. The minimum Gasteiger partial charge on any atom is -0.333 e. The molecule has 0 saturated carbocycles. The Labute approximate surface area is 129 Å². The van der Waals surface area contributed by atoms with E-state index in [0.29, 0.717) is 0 Å². The number of aryl methyl sites for hydroxylation is 1. The van der Waals surface area contributed by atoms with Gasteiger partial charge in [-0.3, -0.25) is 9.78 Å². The lowest BCUT2D eigenvalue weighted by Crippen LogP contribution is -2.29. The summed E-state index contributed by atoms with van der Waals surface area (Å²) in [5.74, 6) is 5.90. The van der Waals surface area contributed by atoms with Gasteiger partial charge >= 0.3 is 0 Å². The van der Waals surface area contributed by atoms with E-state index in [9.17, 15) is 4.79 Å². The van der Waals surface area contributed by atoms with Crippen molar-refractivity contribution in [3.8, 4) is 23.4 Å². The first-order chi connectivity index (χ1) is 10.7. The fourth-order valence-corrected chi connectivity index (χ4v) is 2.73. The van der Waals surface area contributed by atoms with Crippen molar-refractivity contribution in [2.45, 2.75) is 25.8 Å². The summed E-state index contributed by atoms with van der Waals surface area (Å²) in [5, 5.41) is 0. The van der Waals surface area contributed by atoms with Crippen LogP contribution in [-0.2, 0) is 11.8 Å². The molecule has 1 atom stereocenters. The van der Waals surface area contributed by atoms with Crippen molar-refractivity contribution in [3.05, 3.63) is 30.5 Å². The average molecular weight is 295 g/mol. The summed E-state index contributed by atoms with van der Waals surface area (Å²) in [6, 6.07) is -0.0312. The Morgan fingerprint density at radius 2 is 2.18 bits per heavy atom. The summed E-state index contributed by atoms with van der Waals surface area (Å²) in [6.45, 7) is 2.39. The van der Waals surface area contributed by atoms with Gasteiger partial charge in [0.2, 0.25) is 0 Å². The van der Waals surface area contributed by atoms with Crippen molar-refractivity contribution < 1.29 is 4.79 Å². The Kier molecular flexibility index (Phi) is 3.88. The summed E-state index contributed by atoms with van der Waals surface area (Å²) < 4.78 is 1.89. The zero-order valence-corrected chi connectivity index (χ0v) is 12.7. The van der Waals surface area contributed by atoms with Crippen LogP contribution >= 0.6 is 0 Å². The standard InChI is InChI=1S/C16H17N5O/c1-3-5-15(22)21-8-4-6-14(21)12-10-19-13(11-18-12)16-17-7-9-20(16)2/h7,9-11,14H,4,6,8H2,1-2H3. The van der Waals surface area contributed by atoms with E-state index in [1.54, 1.807) is 30.4 Å². The van der Waals surface area contributed by atoms with E-state index in [-0.39, 0.29) is 11.9 Å². The smallest absolute Gasteiger partial charge is 0.299 e. The van der Waals surface area contributed by atoms with Crippen molar-refractivity contribution in [3.63, 3.8) is 0 Å². The molecule has 112 valence electrons. The fourth-order valence-electron chi connectivity index (χ4n) is 2.73. The van der Waals surface area contributed by atoms with Crippen molar-refractivity contribution >= 4 is 5.91 Å². The molecule has 0 spiro atoms. The third kappa shape index (κ3) is 2.58. The highest BCUT2D eigenvalue weighted by atomic mass is 16.2. The summed E-state index contributed by atoms with van der Waals surface area (Å²) in [4.78, 5) is 27.0. The second-order valence-corrected chi connectivity index (χ2v) is 5.22. The molecular weight excluding hydrogens is 278 g/mol. The van der Waals surface area contributed by atoms with Crippen LogP contribution in [0.1, 0.15) is 31.5 Å². The Morgan fingerprint density at radius 1 is 1.32 bits per heavy atom. The fraction of sp³-hybridized carbons (Fsp3) is 0.375. The van der Waals surface area contributed by atoms with E-state index < -0.39 is 0 Å². The second-order valence-electron chi connectivity index (χ2n) is 5.22. The van der Waals surface area contributed by atoms with Crippen molar-refractivity contribution in [2.75, 3.05) is 6.54 Å². The van der Waals surface area contributed by atoms with Crippen LogP contribution < -0.4 is 0 Å². The number of rotatable bonds is 2. The van der Waals surface area contributed by atoms with Gasteiger partial charge in [0.05, 0.1) is 24.1 Å². The summed E-state index contributed by atoms with van der Waals surface area (Å²) in [6.07, 6.45) is 8.90. The quantitative estimate of drug-likeness (QED) is 0.789. The molecule has 0 aromatic carbocycles. The Hall–Kier alpha value is -2.68. The summed E-state index contributed by atoms with van der Waals surface area (Å²) in [5.41, 5.74) is 1.53. The second kappa shape index (κ2) is 5.98. The Bertz CT molecular complexity index is 738. The highest BCUT2D eigenvalue weighted by molar-refractivity contribution is 5.93. The molecule has 0 aliphatic carbocycles. The molecule has 1 unspecified atom stereocenters. The van der Waals surface area contributed by atoms with Crippen LogP contribution in [0, 0.1) is 11.8 Å². The first-order valence-electron chi connectivity index (χ1n) is 7.23. The van der Waals surface area contributed by atoms with Crippen LogP contribution in [0.15, 0.2) is 24.8 Å². The summed E-state index contributed by atoms with van der Waals surface area (Å²) in [7, 11) is 1.92. The molecule has 1 saturated heterocycles. The zero-order valence-electron chi connectivity index (χ0n) is 12.7. The topological polar surface area (TPSA) is 63.9 Å². The van der Waals surface area contributed by atoms with Gasteiger partial charge in [-0.05, 0) is 25.7 Å². The maximum absolute atomic E-state index is 12.0. The third-order valence-electron chi connectivity index (χ3n) is 3.81. The van der Waals surface area contributed by atoms with E-state index >= 15 is 0 Å². The van der Waals surface area contributed by atoms with Crippen molar-refractivity contribution in [1.29, 1.82) is 0 Å². The van der Waals surface area contributed by atoms with Gasteiger partial charge in [-0.1, -0.05) is 5.92 Å². The number of hydrogen-bond donors (Lipinski definition) is 0. The van der Waals surface area contributed by atoms with Gasteiger partial charge < -0.3 is 9.47 Å². The van der Waals surface area contributed by atoms with Gasteiger partial charge in [-0.25, -0.2) is 9.97 Å². The normalized spacial score (nSPS) is 17.2. The maximum Gasteiger partial charge on any atom is 0.299 e. The molecule has 0 radical (unpaired) electrons. The lowest BCUT2D eigenvalue weighted by atomic mass is 10.1. The van der Waals surface area contributed by atoms with Crippen molar-refractivity contribution in [2.24, 2.45) is 7.05 Å². The molecule has 0 bridgehead atoms. The van der Waals surface area contributed by atoms with Crippen molar-refractivity contribution in [1.82, 2.24) is 24.4 Å². The number of likely N-dealkylation sites (tertiary alicyclic amines) is 1. The number of nitrogens with zero attached hydrogens (tertiary/aromatic N) is 5. The third-order valence-corrected chi connectivity index (χ3v) is 3.81. The van der Waals surface area contributed by atoms with E-state index in [0.717, 1.165) is 36.6 Å². The predicted octanol–water partition coefficient (Wildman–Crippen LogP) is 1.56. The maximum atomic E-state index is 12.0. The van der Waals surface area contributed by atoms with Crippen LogP contribution in [0.5, 0.6) is 0 Å². The molecule has 1 fully saturated rings. The number of aromatic nitrogens is 4. The minimum atomic E-state index is -0.139. The van der Waals surface area contributed by atoms with Crippen LogP contribution in [0.2, 0.25) is 0 Å². The number of amides is 1. The SMILES string of the molecule is CC#CC(=O)N1CCCC1c1cnc(-c2nccn2C)cn1. The molecular formula is C16H17N5O. The number of carbonyl (C=O) groups is 1. The Balaban J connectivity index is 1.84. The average Bonchev–Trinajstić information content (AvgIpc) is 3.16. The number of hydrogen-bond acceptors (Lipinski definition) is 4. The van der Waals surface area contributed by atoms with E-state index in [1.165, 1.54) is 0 Å². The van der Waals surface area contributed by atoms with Crippen LogP contribution in [-0.4, -0.2) is 36.9 Å². The molecule has 22 heavy (non-hydrogen) atoms. The highest BCUT2D eigenvalue weighted by Gasteiger charge is 2.30. The molecule has 1 amide bonds. The monoisotopic (exact) mass is 295 g/mol. The molecule has 0 N–H and O–H groups in total. The molecule has 2 aromatic rings. The van der Waals surface area contributed by atoms with Crippen LogP contribution in [0.4, 0.5) is 0 Å². The number of imidazole rings is 1. The first kappa shape index (κ1) is 14.3. The van der Waals surface area contributed by atoms with Crippen LogP contribution in [0.3, 0.4) is 0 Å². The highest BCUT2D eigenvalue weighted by Crippen LogP contribution is 2.30. The largest absolute Gasteiger partial charge is 0.333 e. The predicted molar refractivity (Wildman–Crippen MR) is 81.4 cm³/mol. The van der Waals surface area contributed by atoms with Gasteiger partial charge in [0, 0.05) is 26.0 Å². The Morgan fingerprint density at radius 3 is 2.82 bits per heavy atom. The zero-order chi connectivity index (χ0) is 15.5. The van der Waals surface area contributed by atoms with E-state index in [1.807, 2.05) is 17.8 Å². The molecule has 6 heteroatoms. The molecule has 2 aromatic heterocycles. The van der Waals surface area contributed by atoms with E-state index in [2.05, 4.69) is 26.8 Å². The first-order valence-corrected chi connectivity index (χ1v) is 7.23. The molecule has 3 heterocycles. The van der Waals surface area contributed by atoms with Gasteiger partial charge in [0.25, 0.3) is 5.91 Å². The van der Waals surface area contributed by atoms with E-state index in [4.69, 9.17) is 0 Å². The molecule has 1 aliphatic rings. The van der Waals surface area contributed by atoms with Gasteiger partial charge in [0.15, 0.2) is 5.82 Å². The molecule has 3 rings (SSSR count). The minimum absolute atomic E-state index is 0.0312. The van der Waals surface area contributed by atoms with Gasteiger partial charge in [0.1, 0.15) is 5.69 Å². The van der Waals surface area contributed by atoms with Gasteiger partial charge in [-0.2, -0.15) is 0 Å². The number of carbonyl (C=O) groups excluding carboxylic acids is 1. The summed E-state index contributed by atoms with van der Waals surface area (Å²) >= 11 is 0. The van der Waals surface area contributed by atoms with Gasteiger partial charge in [-0.15, -0.1) is 0 Å². The molecule has 6 nitrogen and oxygen atoms in total. The lowest BCUT2D eigenvalue weighted by Gasteiger charge is -2.21. The lowest BCUT2D eigenvalue weighted by molar-refractivity contribution is -0.126.